The summed E-state index contributed by atoms with van der Waals surface area (Å²) < 4.78 is 62.0. The van der Waals surface area contributed by atoms with Gasteiger partial charge in [0, 0.05) is 30.7 Å². The largest absolute Gasteiger partial charge is 0.481 e. The first-order chi connectivity index (χ1) is 25.9. The van der Waals surface area contributed by atoms with E-state index in [2.05, 4.69) is 34.4 Å². The SMILES string of the molecule is CC[C@@H](C(=O)SCCNC(=O)CCNC(=O)C(O)C(C)(C)COP(=O)(O)OP(=O)(O)OCC1OC(n2cnc3c(N)ncnc32)C(O)C1OP(=O)(O)O)[C@H](C)O. The lowest BCUT2D eigenvalue weighted by Gasteiger charge is -2.30. The maximum atomic E-state index is 12.7. The number of nitrogens with zero attached hydrogens (tertiary/aromatic N) is 4. The molecule has 0 bridgehead atoms. The molecular formula is C27H46N7O18P3S. The van der Waals surface area contributed by atoms with Gasteiger partial charge in [-0.05, 0) is 13.3 Å². The van der Waals surface area contributed by atoms with E-state index in [0.717, 1.165) is 29.0 Å². The molecule has 1 aliphatic heterocycles. The molecular weight excluding hydrogens is 835 g/mol. The van der Waals surface area contributed by atoms with Crippen molar-refractivity contribution in [1.82, 2.24) is 30.2 Å². The lowest BCUT2D eigenvalue weighted by atomic mass is 9.87. The van der Waals surface area contributed by atoms with Crippen molar-refractivity contribution < 1.29 is 85.6 Å². The number of nitrogen functional groups attached to an aromatic ring is 1. The quantitative estimate of drug-likeness (QED) is 0.0504. The highest BCUT2D eigenvalue weighted by Gasteiger charge is 2.50. The fraction of sp³-hybridized carbons (Fsp3) is 0.704. The third kappa shape index (κ3) is 13.8. The molecule has 0 radical (unpaired) electrons. The Bertz CT molecular complexity index is 1830. The van der Waals surface area contributed by atoms with Crippen molar-refractivity contribution in [3.05, 3.63) is 12.7 Å². The second-order valence-corrected chi connectivity index (χ2v) is 18.3. The third-order valence-corrected chi connectivity index (χ3v) is 12.2. The Morgan fingerprint density at radius 3 is 2.34 bits per heavy atom. The molecule has 3 heterocycles. The summed E-state index contributed by atoms with van der Waals surface area (Å²) in [6, 6.07) is 0. The van der Waals surface area contributed by atoms with Gasteiger partial charge < -0.3 is 56.0 Å². The highest BCUT2D eigenvalue weighted by molar-refractivity contribution is 8.13. The Kier molecular flexibility index (Phi) is 17.1. The van der Waals surface area contributed by atoms with Crippen molar-refractivity contribution >= 4 is 69.1 Å². The number of imidazole rings is 1. The molecule has 2 aromatic heterocycles. The minimum atomic E-state index is -5.58. The Balaban J connectivity index is 1.49. The second kappa shape index (κ2) is 20.0. The van der Waals surface area contributed by atoms with E-state index >= 15 is 0 Å². The number of phosphoric ester groups is 3. The first-order valence-corrected chi connectivity index (χ1v) is 22.1. The Hall–Kier alpha value is -2.48. The van der Waals surface area contributed by atoms with Crippen molar-refractivity contribution in [2.75, 3.05) is 37.8 Å². The van der Waals surface area contributed by atoms with Crippen LogP contribution in [0.3, 0.4) is 0 Å². The number of anilines is 1. The van der Waals surface area contributed by atoms with Gasteiger partial charge in [-0.3, -0.25) is 32.5 Å². The van der Waals surface area contributed by atoms with Gasteiger partial charge in [0.05, 0.1) is 31.6 Å². The van der Waals surface area contributed by atoms with E-state index in [0.29, 0.717) is 6.42 Å². The van der Waals surface area contributed by atoms with E-state index in [1.54, 1.807) is 6.92 Å². The molecule has 0 aromatic carbocycles. The van der Waals surface area contributed by atoms with Gasteiger partial charge in [-0.25, -0.2) is 28.6 Å². The van der Waals surface area contributed by atoms with Gasteiger partial charge in [0.2, 0.25) is 11.8 Å². The monoisotopic (exact) mass is 881 g/mol. The average Bonchev–Trinajstić information content (AvgIpc) is 3.64. The molecule has 25 nitrogen and oxygen atoms in total. The van der Waals surface area contributed by atoms with Crippen molar-refractivity contribution in [2.24, 2.45) is 11.3 Å². The molecule has 1 saturated heterocycles. The average molecular weight is 882 g/mol. The Labute approximate surface area is 323 Å². The number of nitrogens with two attached hydrogens (primary N) is 1. The van der Waals surface area contributed by atoms with Crippen LogP contribution in [0.4, 0.5) is 5.82 Å². The minimum Gasteiger partial charge on any atom is -0.393 e. The molecule has 11 N–H and O–H groups in total. The molecule has 2 aromatic rings. The maximum absolute atomic E-state index is 12.7. The van der Waals surface area contributed by atoms with Crippen LogP contribution in [0, 0.1) is 11.3 Å². The molecule has 9 atom stereocenters. The molecule has 0 aliphatic carbocycles. The molecule has 0 saturated carbocycles. The van der Waals surface area contributed by atoms with E-state index in [1.165, 1.54) is 20.8 Å². The highest BCUT2D eigenvalue weighted by atomic mass is 32.2. The van der Waals surface area contributed by atoms with E-state index in [9.17, 15) is 63.0 Å². The summed E-state index contributed by atoms with van der Waals surface area (Å²) in [6.45, 7) is 3.66. The summed E-state index contributed by atoms with van der Waals surface area (Å²) in [5.41, 5.74) is 4.23. The number of aromatic nitrogens is 4. The summed E-state index contributed by atoms with van der Waals surface area (Å²) >= 11 is 0.971. The predicted molar refractivity (Wildman–Crippen MR) is 193 cm³/mol. The number of phosphoric acid groups is 3. The van der Waals surface area contributed by atoms with E-state index in [4.69, 9.17) is 19.5 Å². The van der Waals surface area contributed by atoms with Crippen LogP contribution in [0.25, 0.3) is 11.2 Å². The van der Waals surface area contributed by atoms with Crippen LogP contribution >= 0.6 is 35.2 Å². The number of aliphatic hydroxyl groups excluding tert-OH is 3. The maximum Gasteiger partial charge on any atom is 0.481 e. The van der Waals surface area contributed by atoms with Crippen molar-refractivity contribution in [1.29, 1.82) is 0 Å². The van der Waals surface area contributed by atoms with E-state index < -0.39 is 96.6 Å². The number of ether oxygens (including phenoxy) is 1. The van der Waals surface area contributed by atoms with E-state index in [-0.39, 0.29) is 47.4 Å². The third-order valence-electron chi connectivity index (χ3n) is 8.07. The first-order valence-electron chi connectivity index (χ1n) is 16.6. The Morgan fingerprint density at radius 1 is 1.05 bits per heavy atom. The smallest absolute Gasteiger partial charge is 0.393 e. The number of nitrogens with one attached hydrogen (secondary N) is 2. The van der Waals surface area contributed by atoms with Gasteiger partial charge in [-0.15, -0.1) is 0 Å². The summed E-state index contributed by atoms with van der Waals surface area (Å²) in [6.07, 6.45) is -7.32. The zero-order valence-corrected chi connectivity index (χ0v) is 33.9. The molecule has 7 unspecified atom stereocenters. The standard InChI is InChI=1S/C27H46N7O18P3S/c1-5-15(14(2)35)26(40)56-9-8-29-17(36)6-7-30-24(39)21(38)27(3,4)11-49-55(46,47)52-54(44,45)48-10-16-20(51-53(41,42)43)19(37)25(50-16)34-13-33-18-22(28)31-12-32-23(18)34/h12-16,19-21,25,35,37-38H,5-11H2,1-4H3,(H,29,36)(H,30,39)(H,44,45)(H,46,47)(H2,28,31,32)(H2,41,42,43)/t14-,15+,16?,19?,20?,21?,25?/m0/s1. The fourth-order valence-corrected chi connectivity index (χ4v) is 8.91. The van der Waals surface area contributed by atoms with Crippen LogP contribution in [0.1, 0.15) is 46.8 Å². The molecule has 3 rings (SSSR count). The topological polar surface area (TPSA) is 384 Å². The number of rotatable bonds is 22. The number of fused-ring (bicyclic) bond motifs is 1. The number of aliphatic hydroxyl groups is 3. The lowest BCUT2D eigenvalue weighted by molar-refractivity contribution is -0.137. The van der Waals surface area contributed by atoms with Gasteiger partial charge in [-0.1, -0.05) is 32.5 Å². The summed E-state index contributed by atoms with van der Waals surface area (Å²) in [7, 11) is -16.4. The van der Waals surface area contributed by atoms with Crippen LogP contribution in [-0.4, -0.2) is 134 Å². The van der Waals surface area contributed by atoms with Gasteiger partial charge >= 0.3 is 23.5 Å². The van der Waals surface area contributed by atoms with Crippen LogP contribution < -0.4 is 16.4 Å². The molecule has 2 amide bonds. The first kappa shape index (κ1) is 47.9. The summed E-state index contributed by atoms with van der Waals surface area (Å²) in [5.74, 6) is -1.78. The Morgan fingerprint density at radius 2 is 1.71 bits per heavy atom. The van der Waals surface area contributed by atoms with Crippen LogP contribution in [0.2, 0.25) is 0 Å². The zero-order valence-electron chi connectivity index (χ0n) is 30.4. The van der Waals surface area contributed by atoms with Gasteiger partial charge in [0.1, 0.15) is 36.3 Å². The lowest BCUT2D eigenvalue weighted by Crippen LogP contribution is -2.46. The molecule has 56 heavy (non-hydrogen) atoms. The number of hydrogen-bond donors (Lipinski definition) is 10. The van der Waals surface area contributed by atoms with E-state index in [1.807, 2.05) is 0 Å². The normalized spacial score (nSPS) is 22.8. The predicted octanol–water partition coefficient (Wildman–Crippen LogP) is -0.928. The van der Waals surface area contributed by atoms with Crippen LogP contribution in [0.15, 0.2) is 12.7 Å². The number of thioether (sulfide) groups is 1. The van der Waals surface area contributed by atoms with Gasteiger partial charge in [-0.2, -0.15) is 4.31 Å². The van der Waals surface area contributed by atoms with Gasteiger partial charge in [0.15, 0.2) is 22.8 Å². The zero-order chi connectivity index (χ0) is 42.2. The van der Waals surface area contributed by atoms with Crippen LogP contribution in [-0.2, 0) is 50.7 Å². The molecule has 29 heteroatoms. The number of hydrogen-bond acceptors (Lipinski definition) is 19. The number of carbonyl (C=O) groups excluding carboxylic acids is 3. The van der Waals surface area contributed by atoms with Gasteiger partial charge in [0.25, 0.3) is 0 Å². The number of carbonyl (C=O) groups is 3. The number of amides is 2. The molecule has 1 aliphatic rings. The summed E-state index contributed by atoms with van der Waals surface area (Å²) in [5, 5.41) is 35.8. The second-order valence-electron chi connectivity index (χ2n) is 13.0. The minimum absolute atomic E-state index is 0.0259. The fourth-order valence-electron chi connectivity index (χ4n) is 5.09. The highest BCUT2D eigenvalue weighted by Crippen LogP contribution is 2.61. The van der Waals surface area contributed by atoms with Crippen molar-refractivity contribution in [2.45, 2.75) is 77.3 Å². The molecule has 318 valence electrons. The molecule has 1 fully saturated rings. The van der Waals surface area contributed by atoms with Crippen molar-refractivity contribution in [3.8, 4) is 0 Å². The van der Waals surface area contributed by atoms with Crippen molar-refractivity contribution in [3.63, 3.8) is 0 Å². The van der Waals surface area contributed by atoms with Crippen LogP contribution in [0.5, 0.6) is 0 Å². The molecule has 0 spiro atoms. The summed E-state index contributed by atoms with van der Waals surface area (Å²) in [4.78, 5) is 87.7.